The molecule has 0 saturated heterocycles. The van der Waals surface area contributed by atoms with Crippen LogP contribution in [0.5, 0.6) is 0 Å². The number of rotatable bonds is 4. The van der Waals surface area contributed by atoms with E-state index in [-0.39, 0.29) is 12.0 Å². The molecule has 0 aromatic carbocycles. The zero-order valence-corrected chi connectivity index (χ0v) is 10.3. The topological polar surface area (TPSA) is 52.3 Å². The van der Waals surface area contributed by atoms with Crippen LogP contribution in [0.15, 0.2) is 23.8 Å². The second kappa shape index (κ2) is 5.30. The molecule has 0 fully saturated rings. The third-order valence-corrected chi connectivity index (χ3v) is 3.23. The van der Waals surface area contributed by atoms with Crippen LogP contribution in [0.2, 0.25) is 0 Å². The largest absolute Gasteiger partial charge is 0.465 e. The summed E-state index contributed by atoms with van der Waals surface area (Å²) in [5, 5.41) is 0. The van der Waals surface area contributed by atoms with Gasteiger partial charge >= 0.3 is 5.97 Å². The summed E-state index contributed by atoms with van der Waals surface area (Å²) in [4.78, 5) is 12.0. The van der Waals surface area contributed by atoms with Gasteiger partial charge in [0.15, 0.2) is 0 Å². The van der Waals surface area contributed by atoms with E-state index < -0.39 is 5.41 Å². The van der Waals surface area contributed by atoms with Gasteiger partial charge in [0.25, 0.3) is 0 Å². The summed E-state index contributed by atoms with van der Waals surface area (Å²) in [5.74, 6) is -0.215. The Bertz CT molecular complexity index is 320. The molecule has 90 valence electrons. The summed E-state index contributed by atoms with van der Waals surface area (Å²) in [5.41, 5.74) is 6.60. The number of carbonyl (C=O) groups is 1. The highest BCUT2D eigenvalue weighted by Gasteiger charge is 2.42. The molecule has 0 amide bonds. The monoisotopic (exact) mass is 223 g/mol. The van der Waals surface area contributed by atoms with E-state index in [1.807, 2.05) is 32.1 Å². The van der Waals surface area contributed by atoms with Crippen molar-refractivity contribution in [1.29, 1.82) is 0 Å². The summed E-state index contributed by atoms with van der Waals surface area (Å²) in [7, 11) is 0. The zero-order valence-electron chi connectivity index (χ0n) is 10.3. The van der Waals surface area contributed by atoms with Crippen LogP contribution in [0.1, 0.15) is 33.6 Å². The Morgan fingerprint density at radius 1 is 1.50 bits per heavy atom. The Labute approximate surface area is 97.3 Å². The van der Waals surface area contributed by atoms with E-state index in [4.69, 9.17) is 10.5 Å². The third-order valence-electron chi connectivity index (χ3n) is 3.23. The number of carbonyl (C=O) groups excluding carboxylic acids is 1. The molecule has 16 heavy (non-hydrogen) atoms. The summed E-state index contributed by atoms with van der Waals surface area (Å²) >= 11 is 0. The second-order valence-electron chi connectivity index (χ2n) is 4.07. The van der Waals surface area contributed by atoms with E-state index in [0.29, 0.717) is 13.0 Å². The third kappa shape index (κ3) is 2.19. The van der Waals surface area contributed by atoms with Crippen molar-refractivity contribution in [3.63, 3.8) is 0 Å². The normalized spacial score (nSPS) is 28.8. The van der Waals surface area contributed by atoms with Crippen molar-refractivity contribution >= 4 is 5.97 Å². The summed E-state index contributed by atoms with van der Waals surface area (Å²) in [6.45, 7) is 6.25. The van der Waals surface area contributed by atoms with Gasteiger partial charge in [0.1, 0.15) is 5.41 Å². The van der Waals surface area contributed by atoms with Crippen molar-refractivity contribution in [3.8, 4) is 0 Å². The van der Waals surface area contributed by atoms with Crippen molar-refractivity contribution in [1.82, 2.24) is 0 Å². The van der Waals surface area contributed by atoms with Crippen molar-refractivity contribution < 1.29 is 9.53 Å². The van der Waals surface area contributed by atoms with Crippen LogP contribution >= 0.6 is 0 Å². The number of hydrogen-bond acceptors (Lipinski definition) is 3. The van der Waals surface area contributed by atoms with Crippen LogP contribution in [0.4, 0.5) is 0 Å². The van der Waals surface area contributed by atoms with Crippen LogP contribution in [-0.4, -0.2) is 18.6 Å². The fourth-order valence-electron chi connectivity index (χ4n) is 2.00. The highest BCUT2D eigenvalue weighted by molar-refractivity contribution is 5.81. The molecule has 0 spiro atoms. The minimum atomic E-state index is -0.672. The maximum Gasteiger partial charge on any atom is 0.317 e. The van der Waals surface area contributed by atoms with Crippen LogP contribution < -0.4 is 5.73 Å². The Morgan fingerprint density at radius 2 is 2.19 bits per heavy atom. The molecule has 3 nitrogen and oxygen atoms in total. The molecular weight excluding hydrogens is 202 g/mol. The van der Waals surface area contributed by atoms with E-state index in [1.165, 1.54) is 5.57 Å². The molecule has 0 bridgehead atoms. The van der Waals surface area contributed by atoms with Gasteiger partial charge in [-0.05, 0) is 19.8 Å². The summed E-state index contributed by atoms with van der Waals surface area (Å²) in [6, 6.07) is -0.281. The lowest BCUT2D eigenvalue weighted by molar-refractivity contribution is -0.153. The molecule has 0 radical (unpaired) electrons. The maximum absolute atomic E-state index is 12.0. The Morgan fingerprint density at radius 3 is 2.62 bits per heavy atom. The van der Waals surface area contributed by atoms with Crippen molar-refractivity contribution in [2.75, 3.05) is 6.61 Å². The fourth-order valence-corrected chi connectivity index (χ4v) is 2.00. The SMILES string of the molecule is CCOC(=O)C1(CC)C=CC(CC)=CC1N. The van der Waals surface area contributed by atoms with Gasteiger partial charge in [0.2, 0.25) is 0 Å². The molecule has 0 aromatic heterocycles. The van der Waals surface area contributed by atoms with E-state index in [9.17, 15) is 4.79 Å². The van der Waals surface area contributed by atoms with Crippen molar-refractivity contribution in [2.24, 2.45) is 11.1 Å². The highest BCUT2D eigenvalue weighted by atomic mass is 16.5. The minimum Gasteiger partial charge on any atom is -0.465 e. The highest BCUT2D eigenvalue weighted by Crippen LogP contribution is 2.34. The molecule has 0 aromatic rings. The van der Waals surface area contributed by atoms with Gasteiger partial charge in [0.05, 0.1) is 6.61 Å². The van der Waals surface area contributed by atoms with Gasteiger partial charge in [0, 0.05) is 6.04 Å². The van der Waals surface area contributed by atoms with E-state index in [2.05, 4.69) is 6.92 Å². The van der Waals surface area contributed by atoms with Gasteiger partial charge in [-0.15, -0.1) is 0 Å². The first-order valence-electron chi connectivity index (χ1n) is 5.93. The Balaban J connectivity index is 2.96. The van der Waals surface area contributed by atoms with Crippen molar-refractivity contribution in [2.45, 2.75) is 39.7 Å². The van der Waals surface area contributed by atoms with Gasteiger partial charge in [-0.3, -0.25) is 4.79 Å². The molecule has 2 N–H and O–H groups in total. The van der Waals surface area contributed by atoms with E-state index in [0.717, 1.165) is 6.42 Å². The molecular formula is C13H21NO2. The molecule has 0 saturated carbocycles. The first-order valence-corrected chi connectivity index (χ1v) is 5.93. The van der Waals surface area contributed by atoms with E-state index >= 15 is 0 Å². The number of ether oxygens (including phenoxy) is 1. The molecule has 1 rings (SSSR count). The quantitative estimate of drug-likeness (QED) is 0.743. The molecule has 2 atom stereocenters. The smallest absolute Gasteiger partial charge is 0.317 e. The van der Waals surface area contributed by atoms with Gasteiger partial charge in [-0.1, -0.05) is 37.6 Å². The van der Waals surface area contributed by atoms with Crippen LogP contribution in [-0.2, 0) is 9.53 Å². The average molecular weight is 223 g/mol. The molecule has 1 aliphatic rings. The van der Waals surface area contributed by atoms with Gasteiger partial charge in [-0.25, -0.2) is 0 Å². The standard InChI is InChI=1S/C13H21NO2/c1-4-10-7-8-13(5-2,11(14)9-10)12(15)16-6-3/h7-9,11H,4-6,14H2,1-3H3. The molecule has 0 aliphatic heterocycles. The second-order valence-corrected chi connectivity index (χ2v) is 4.07. The van der Waals surface area contributed by atoms with Crippen LogP contribution in [0.25, 0.3) is 0 Å². The van der Waals surface area contributed by atoms with Crippen LogP contribution in [0.3, 0.4) is 0 Å². The number of esters is 1. The predicted molar refractivity (Wildman–Crippen MR) is 64.8 cm³/mol. The number of hydrogen-bond donors (Lipinski definition) is 1. The Hall–Kier alpha value is -1.09. The molecule has 3 heteroatoms. The molecule has 1 aliphatic carbocycles. The molecule has 0 heterocycles. The number of allylic oxidation sites excluding steroid dienone is 2. The lowest BCUT2D eigenvalue weighted by atomic mass is 9.74. The zero-order chi connectivity index (χ0) is 12.2. The lowest BCUT2D eigenvalue weighted by Crippen LogP contribution is -2.47. The van der Waals surface area contributed by atoms with E-state index in [1.54, 1.807) is 0 Å². The maximum atomic E-state index is 12.0. The minimum absolute atomic E-state index is 0.215. The summed E-state index contributed by atoms with van der Waals surface area (Å²) < 4.78 is 5.12. The van der Waals surface area contributed by atoms with Crippen LogP contribution in [0, 0.1) is 5.41 Å². The summed E-state index contributed by atoms with van der Waals surface area (Å²) in [6.07, 6.45) is 7.47. The lowest BCUT2D eigenvalue weighted by Gasteiger charge is -2.34. The molecule has 2 unspecified atom stereocenters. The average Bonchev–Trinajstić information content (AvgIpc) is 2.29. The number of nitrogens with two attached hydrogens (primary N) is 1. The van der Waals surface area contributed by atoms with Gasteiger partial charge < -0.3 is 10.5 Å². The van der Waals surface area contributed by atoms with Crippen molar-refractivity contribution in [3.05, 3.63) is 23.8 Å². The predicted octanol–water partition coefficient (Wildman–Crippen LogP) is 2.18. The van der Waals surface area contributed by atoms with Gasteiger partial charge in [-0.2, -0.15) is 0 Å². The Kier molecular flexibility index (Phi) is 4.30. The fraction of sp³-hybridized carbons (Fsp3) is 0.615. The first kappa shape index (κ1) is 13.0. The first-order chi connectivity index (χ1) is 7.60.